The maximum Gasteiger partial charge on any atom is 0.334 e. The number of hydrogen-bond acceptors (Lipinski definition) is 9. The number of urea groups is 1. The molecule has 3 aromatic rings. The molecule has 0 saturated heterocycles. The number of esters is 2. The van der Waals surface area contributed by atoms with E-state index in [1.54, 1.807) is 41.8 Å². The molecule has 202 valence electrons. The summed E-state index contributed by atoms with van der Waals surface area (Å²) in [7, 11) is 0. The summed E-state index contributed by atoms with van der Waals surface area (Å²) in [6, 6.07) is 13.3. The molecule has 13 heteroatoms. The quantitative estimate of drug-likeness (QED) is 0.165. The van der Waals surface area contributed by atoms with Crippen LogP contribution in [0.25, 0.3) is 11.3 Å². The van der Waals surface area contributed by atoms with E-state index in [0.717, 1.165) is 17.7 Å². The molecule has 0 saturated carbocycles. The van der Waals surface area contributed by atoms with Crippen LogP contribution in [0.3, 0.4) is 0 Å². The van der Waals surface area contributed by atoms with Gasteiger partial charge in [-0.1, -0.05) is 48.0 Å². The Labute approximate surface area is 230 Å². The second kappa shape index (κ2) is 12.5. The molecular weight excluding hydrogens is 555 g/mol. The number of thiophene rings is 1. The van der Waals surface area contributed by atoms with Gasteiger partial charge >= 0.3 is 18.0 Å². The SMILES string of the molecule is NC(=O)N1C(=O)/C(=C(/OCOC(=O)COCC(=O)OCc2ccccc2)c2cccs2)c2cc(F)c(Cl)cc21. The summed E-state index contributed by atoms with van der Waals surface area (Å²) >= 11 is 7.04. The number of benzene rings is 2. The minimum atomic E-state index is -1.10. The minimum Gasteiger partial charge on any atom is -0.459 e. The number of carbonyl (C=O) groups is 4. The van der Waals surface area contributed by atoms with Crippen molar-refractivity contribution in [3.63, 3.8) is 0 Å². The number of nitrogens with zero attached hydrogens (tertiary/aromatic N) is 1. The standard InChI is InChI=1S/C26H20ClFN2O8S/c27-17-10-19-16(9-18(17)28)23(25(33)30(19)26(29)34)24(20-7-4-8-39-20)38-14-37-22(32)13-35-12-21(31)36-11-15-5-2-1-3-6-15/h1-10H,11-14H2,(H2,29,34)/b24-23+. The van der Waals surface area contributed by atoms with Crippen molar-refractivity contribution < 1.29 is 42.5 Å². The molecule has 39 heavy (non-hydrogen) atoms. The Hall–Kier alpha value is -4.26. The van der Waals surface area contributed by atoms with E-state index in [1.807, 2.05) is 6.07 Å². The topological polar surface area (TPSA) is 134 Å². The molecule has 1 aliphatic rings. The van der Waals surface area contributed by atoms with Gasteiger partial charge in [0.1, 0.15) is 25.6 Å². The molecule has 0 aliphatic carbocycles. The molecule has 2 aromatic carbocycles. The lowest BCUT2D eigenvalue weighted by molar-refractivity contribution is -0.160. The van der Waals surface area contributed by atoms with E-state index < -0.39 is 49.7 Å². The van der Waals surface area contributed by atoms with E-state index in [1.165, 1.54) is 11.3 Å². The predicted octanol–water partition coefficient (Wildman–Crippen LogP) is 4.11. The third-order valence-electron chi connectivity index (χ3n) is 5.26. The predicted molar refractivity (Wildman–Crippen MR) is 139 cm³/mol. The summed E-state index contributed by atoms with van der Waals surface area (Å²) in [5.41, 5.74) is 6.01. The Bertz CT molecular complexity index is 1430. The Kier molecular flexibility index (Phi) is 8.92. The number of carbonyl (C=O) groups excluding carboxylic acids is 4. The molecule has 4 rings (SSSR count). The number of halogens is 2. The molecule has 0 fully saturated rings. The first kappa shape index (κ1) is 27.8. The summed E-state index contributed by atoms with van der Waals surface area (Å²) < 4.78 is 35.0. The van der Waals surface area contributed by atoms with Gasteiger partial charge in [0.2, 0.25) is 6.79 Å². The lowest BCUT2D eigenvalue weighted by Crippen LogP contribution is -2.38. The van der Waals surface area contributed by atoms with Gasteiger partial charge in [-0.25, -0.2) is 23.7 Å². The lowest BCUT2D eigenvalue weighted by Gasteiger charge is -2.13. The molecule has 3 amide bonds. The van der Waals surface area contributed by atoms with Gasteiger partial charge in [-0.3, -0.25) is 4.79 Å². The van der Waals surface area contributed by atoms with Crippen molar-refractivity contribution >= 4 is 63.8 Å². The monoisotopic (exact) mass is 574 g/mol. The average molecular weight is 575 g/mol. The van der Waals surface area contributed by atoms with Gasteiger partial charge in [-0.05, 0) is 29.1 Å². The van der Waals surface area contributed by atoms with Crippen LogP contribution in [0, 0.1) is 5.82 Å². The van der Waals surface area contributed by atoms with Gasteiger partial charge in [0.15, 0.2) is 5.76 Å². The highest BCUT2D eigenvalue weighted by Crippen LogP contribution is 2.43. The lowest BCUT2D eigenvalue weighted by atomic mass is 10.0. The molecular formula is C26H20ClFN2O8S. The highest BCUT2D eigenvalue weighted by molar-refractivity contribution is 7.11. The molecule has 10 nitrogen and oxygen atoms in total. The van der Waals surface area contributed by atoms with Crippen molar-refractivity contribution in [1.82, 2.24) is 0 Å². The normalized spacial score (nSPS) is 13.6. The van der Waals surface area contributed by atoms with Crippen LogP contribution >= 0.6 is 22.9 Å². The van der Waals surface area contributed by atoms with Crippen LogP contribution in [0.15, 0.2) is 60.0 Å². The third kappa shape index (κ3) is 6.60. The van der Waals surface area contributed by atoms with Crippen LogP contribution in [0.5, 0.6) is 0 Å². The number of primary amides is 1. The van der Waals surface area contributed by atoms with Crippen LogP contribution in [-0.4, -0.2) is 43.9 Å². The molecule has 1 aliphatic heterocycles. The fraction of sp³-hybridized carbons (Fsp3) is 0.154. The van der Waals surface area contributed by atoms with Crippen LogP contribution in [-0.2, 0) is 39.9 Å². The second-order valence-electron chi connectivity index (χ2n) is 7.86. The number of anilines is 1. The number of rotatable bonds is 10. The molecule has 0 bridgehead atoms. The number of amides is 3. The Morgan fingerprint density at radius 3 is 2.36 bits per heavy atom. The van der Waals surface area contributed by atoms with E-state index in [4.69, 9.17) is 36.3 Å². The zero-order valence-electron chi connectivity index (χ0n) is 20.1. The first-order valence-corrected chi connectivity index (χ1v) is 12.5. The van der Waals surface area contributed by atoms with E-state index in [2.05, 4.69) is 0 Å². The van der Waals surface area contributed by atoms with Crippen LogP contribution in [0.1, 0.15) is 16.0 Å². The van der Waals surface area contributed by atoms with Crippen LogP contribution in [0.4, 0.5) is 14.9 Å². The van der Waals surface area contributed by atoms with Gasteiger partial charge in [-0.2, -0.15) is 0 Å². The second-order valence-corrected chi connectivity index (χ2v) is 9.22. The maximum atomic E-state index is 14.3. The smallest absolute Gasteiger partial charge is 0.334 e. The van der Waals surface area contributed by atoms with Crippen molar-refractivity contribution in [2.24, 2.45) is 5.73 Å². The first-order chi connectivity index (χ1) is 18.8. The summed E-state index contributed by atoms with van der Waals surface area (Å²) in [6.07, 6.45) is 0. The highest BCUT2D eigenvalue weighted by Gasteiger charge is 2.40. The fourth-order valence-corrected chi connectivity index (χ4v) is 4.45. The first-order valence-electron chi connectivity index (χ1n) is 11.2. The van der Waals surface area contributed by atoms with Gasteiger partial charge in [0.05, 0.1) is 21.2 Å². The third-order valence-corrected chi connectivity index (χ3v) is 6.42. The van der Waals surface area contributed by atoms with Crippen molar-refractivity contribution in [1.29, 1.82) is 0 Å². The van der Waals surface area contributed by atoms with Crippen molar-refractivity contribution in [3.05, 3.63) is 86.8 Å². The largest absolute Gasteiger partial charge is 0.459 e. The van der Waals surface area contributed by atoms with Gasteiger partial charge < -0.3 is 24.7 Å². The Morgan fingerprint density at radius 1 is 0.974 bits per heavy atom. The number of ether oxygens (including phenoxy) is 4. The summed E-state index contributed by atoms with van der Waals surface area (Å²) in [6.45, 7) is -1.65. The van der Waals surface area contributed by atoms with Crippen LogP contribution < -0.4 is 10.6 Å². The van der Waals surface area contributed by atoms with Crippen LogP contribution in [0.2, 0.25) is 5.02 Å². The van der Waals surface area contributed by atoms with E-state index in [9.17, 15) is 23.6 Å². The zero-order valence-corrected chi connectivity index (χ0v) is 21.6. The van der Waals surface area contributed by atoms with Gasteiger partial charge in [0.25, 0.3) is 5.91 Å². The molecule has 0 radical (unpaired) electrons. The highest BCUT2D eigenvalue weighted by atomic mass is 35.5. The van der Waals surface area contributed by atoms with Gasteiger partial charge in [-0.15, -0.1) is 11.3 Å². The molecule has 0 unspecified atom stereocenters. The van der Waals surface area contributed by atoms with Crippen molar-refractivity contribution in [3.8, 4) is 0 Å². The zero-order chi connectivity index (χ0) is 27.9. The summed E-state index contributed by atoms with van der Waals surface area (Å²) in [4.78, 5) is 50.1. The van der Waals surface area contributed by atoms with Crippen molar-refractivity contribution in [2.45, 2.75) is 6.61 Å². The molecule has 2 heterocycles. The fourth-order valence-electron chi connectivity index (χ4n) is 3.56. The van der Waals surface area contributed by atoms with E-state index in [-0.39, 0.29) is 34.2 Å². The number of hydrogen-bond donors (Lipinski definition) is 1. The minimum absolute atomic E-state index is 0.0175. The number of fused-ring (bicyclic) bond motifs is 1. The van der Waals surface area contributed by atoms with E-state index >= 15 is 0 Å². The molecule has 2 N–H and O–H groups in total. The Morgan fingerprint density at radius 2 is 1.69 bits per heavy atom. The molecule has 0 atom stereocenters. The van der Waals surface area contributed by atoms with Crippen molar-refractivity contribution in [2.75, 3.05) is 24.9 Å². The number of imide groups is 1. The van der Waals surface area contributed by atoms with E-state index in [0.29, 0.717) is 9.78 Å². The maximum absolute atomic E-state index is 14.3. The number of nitrogens with two attached hydrogens (primary N) is 1. The van der Waals surface area contributed by atoms with Gasteiger partial charge in [0, 0.05) is 5.56 Å². The summed E-state index contributed by atoms with van der Waals surface area (Å²) in [5, 5.41) is 1.38. The average Bonchev–Trinajstić information content (AvgIpc) is 3.53. The molecule has 1 aromatic heterocycles. The Balaban J connectivity index is 1.40. The summed E-state index contributed by atoms with van der Waals surface area (Å²) in [5.74, 6) is -3.30. The molecule has 0 spiro atoms.